The van der Waals surface area contributed by atoms with Gasteiger partial charge in [-0.2, -0.15) is 0 Å². The summed E-state index contributed by atoms with van der Waals surface area (Å²) in [5.41, 5.74) is 0.565. The Morgan fingerprint density at radius 2 is 2.07 bits per heavy atom. The van der Waals surface area contributed by atoms with Crippen molar-refractivity contribution in [3.8, 4) is 0 Å². The van der Waals surface area contributed by atoms with E-state index in [9.17, 15) is 0 Å². The van der Waals surface area contributed by atoms with Gasteiger partial charge >= 0.3 is 0 Å². The van der Waals surface area contributed by atoms with Gasteiger partial charge in [0.05, 0.1) is 6.61 Å². The molecule has 0 aromatic carbocycles. The zero-order valence-corrected chi connectivity index (χ0v) is 10.0. The van der Waals surface area contributed by atoms with E-state index in [1.54, 1.807) is 0 Å². The smallest absolute Gasteiger partial charge is 0.0536 e. The maximum atomic E-state index is 5.48. The predicted molar refractivity (Wildman–Crippen MR) is 60.6 cm³/mol. The van der Waals surface area contributed by atoms with Crippen LogP contribution in [-0.4, -0.2) is 37.7 Å². The van der Waals surface area contributed by atoms with Crippen LogP contribution in [0.5, 0.6) is 0 Å². The van der Waals surface area contributed by atoms with E-state index >= 15 is 0 Å². The molecule has 84 valence electrons. The third kappa shape index (κ3) is 2.71. The minimum Gasteiger partial charge on any atom is -0.381 e. The highest BCUT2D eigenvalue weighted by Gasteiger charge is 2.40. The van der Waals surface area contributed by atoms with Crippen LogP contribution in [-0.2, 0) is 4.74 Å². The Morgan fingerprint density at radius 3 is 2.64 bits per heavy atom. The molecule has 2 heteroatoms. The standard InChI is InChI=1S/C10H19NO.C2H6/c1-2-5-11-6-3-10(8-11)4-7-12-9-10;1-2/h2-9H2,1H3;1-2H3. The van der Waals surface area contributed by atoms with Gasteiger partial charge in [-0.3, -0.25) is 0 Å². The number of nitrogens with zero attached hydrogens (tertiary/aromatic N) is 1. The summed E-state index contributed by atoms with van der Waals surface area (Å²) >= 11 is 0. The molecular weight excluding hydrogens is 174 g/mol. The fourth-order valence-corrected chi connectivity index (χ4v) is 2.51. The molecule has 14 heavy (non-hydrogen) atoms. The van der Waals surface area contributed by atoms with Crippen molar-refractivity contribution in [3.05, 3.63) is 0 Å². The van der Waals surface area contributed by atoms with E-state index in [1.165, 1.54) is 38.9 Å². The van der Waals surface area contributed by atoms with Gasteiger partial charge in [0.15, 0.2) is 0 Å². The summed E-state index contributed by atoms with van der Waals surface area (Å²) in [6.45, 7) is 12.2. The van der Waals surface area contributed by atoms with Crippen molar-refractivity contribution in [1.82, 2.24) is 4.90 Å². The van der Waals surface area contributed by atoms with Gasteiger partial charge in [-0.15, -0.1) is 0 Å². The molecular formula is C12H25NO. The monoisotopic (exact) mass is 199 g/mol. The molecule has 0 saturated carbocycles. The first kappa shape index (κ1) is 12.0. The molecule has 1 unspecified atom stereocenters. The van der Waals surface area contributed by atoms with Crippen LogP contribution in [0.2, 0.25) is 0 Å². The minimum atomic E-state index is 0.565. The van der Waals surface area contributed by atoms with E-state index in [-0.39, 0.29) is 0 Å². The number of hydrogen-bond donors (Lipinski definition) is 0. The molecule has 0 N–H and O–H groups in total. The van der Waals surface area contributed by atoms with Crippen molar-refractivity contribution >= 4 is 0 Å². The highest BCUT2D eigenvalue weighted by molar-refractivity contribution is 4.92. The third-order valence-electron chi connectivity index (χ3n) is 3.24. The van der Waals surface area contributed by atoms with Crippen molar-refractivity contribution in [1.29, 1.82) is 0 Å². The van der Waals surface area contributed by atoms with Crippen LogP contribution in [0.3, 0.4) is 0 Å². The third-order valence-corrected chi connectivity index (χ3v) is 3.24. The predicted octanol–water partition coefficient (Wildman–Crippen LogP) is 2.54. The Labute approximate surface area is 88.6 Å². The van der Waals surface area contributed by atoms with Crippen LogP contribution >= 0.6 is 0 Å². The van der Waals surface area contributed by atoms with E-state index < -0.39 is 0 Å². The van der Waals surface area contributed by atoms with E-state index in [1.807, 2.05) is 13.8 Å². The fourth-order valence-electron chi connectivity index (χ4n) is 2.51. The molecule has 2 aliphatic rings. The topological polar surface area (TPSA) is 12.5 Å². The first-order valence-corrected chi connectivity index (χ1v) is 6.15. The fraction of sp³-hybridized carbons (Fsp3) is 1.00. The van der Waals surface area contributed by atoms with Crippen LogP contribution in [0, 0.1) is 5.41 Å². The van der Waals surface area contributed by atoms with Crippen LogP contribution < -0.4 is 0 Å². The number of hydrogen-bond acceptors (Lipinski definition) is 2. The van der Waals surface area contributed by atoms with Gasteiger partial charge in [0.2, 0.25) is 0 Å². The van der Waals surface area contributed by atoms with Gasteiger partial charge in [-0.1, -0.05) is 20.8 Å². The number of ether oxygens (including phenoxy) is 1. The van der Waals surface area contributed by atoms with Crippen molar-refractivity contribution in [2.24, 2.45) is 5.41 Å². The lowest BCUT2D eigenvalue weighted by atomic mass is 9.87. The van der Waals surface area contributed by atoms with Gasteiger partial charge in [0, 0.05) is 18.6 Å². The average molecular weight is 199 g/mol. The Kier molecular flexibility index (Phi) is 4.90. The minimum absolute atomic E-state index is 0.565. The molecule has 2 rings (SSSR count). The second-order valence-corrected chi connectivity index (χ2v) is 4.33. The first-order valence-electron chi connectivity index (χ1n) is 6.15. The van der Waals surface area contributed by atoms with Gasteiger partial charge < -0.3 is 9.64 Å². The Balaban J connectivity index is 0.000000461. The summed E-state index contributed by atoms with van der Waals surface area (Å²) in [4.78, 5) is 2.59. The lowest BCUT2D eigenvalue weighted by Crippen LogP contribution is -2.27. The highest BCUT2D eigenvalue weighted by Crippen LogP contribution is 2.37. The molecule has 0 radical (unpaired) electrons. The molecule has 0 aromatic rings. The molecule has 0 bridgehead atoms. The molecule has 2 aliphatic heterocycles. The summed E-state index contributed by atoms with van der Waals surface area (Å²) < 4.78 is 5.48. The normalized spacial score (nSPS) is 31.9. The molecule has 1 atom stereocenters. The van der Waals surface area contributed by atoms with E-state index in [0.717, 1.165) is 13.2 Å². The molecule has 2 fully saturated rings. The van der Waals surface area contributed by atoms with Crippen molar-refractivity contribution < 1.29 is 4.74 Å². The maximum Gasteiger partial charge on any atom is 0.0536 e. The van der Waals surface area contributed by atoms with Gasteiger partial charge in [0.25, 0.3) is 0 Å². The highest BCUT2D eigenvalue weighted by atomic mass is 16.5. The Bertz CT molecular complexity index is 152. The van der Waals surface area contributed by atoms with Gasteiger partial charge in [-0.05, 0) is 32.4 Å². The Morgan fingerprint density at radius 1 is 1.29 bits per heavy atom. The summed E-state index contributed by atoms with van der Waals surface area (Å²) in [5, 5.41) is 0. The summed E-state index contributed by atoms with van der Waals surface area (Å²) in [6.07, 6.45) is 3.96. The second-order valence-electron chi connectivity index (χ2n) is 4.33. The molecule has 2 nitrogen and oxygen atoms in total. The number of likely N-dealkylation sites (tertiary alicyclic amines) is 1. The van der Waals surface area contributed by atoms with E-state index in [4.69, 9.17) is 4.74 Å². The van der Waals surface area contributed by atoms with Gasteiger partial charge in [-0.25, -0.2) is 0 Å². The lowest BCUT2D eigenvalue weighted by molar-refractivity contribution is 0.152. The zero-order valence-electron chi connectivity index (χ0n) is 10.0. The summed E-state index contributed by atoms with van der Waals surface area (Å²) in [7, 11) is 0. The molecule has 0 aromatic heterocycles. The SMILES string of the molecule is CC.CCCN1CCC2(CCOC2)C1. The zero-order chi connectivity index (χ0) is 10.4. The van der Waals surface area contributed by atoms with Crippen LogP contribution in [0.25, 0.3) is 0 Å². The van der Waals surface area contributed by atoms with Crippen LogP contribution in [0.15, 0.2) is 0 Å². The largest absolute Gasteiger partial charge is 0.381 e. The summed E-state index contributed by atoms with van der Waals surface area (Å²) in [6, 6.07) is 0. The number of rotatable bonds is 2. The first-order chi connectivity index (χ1) is 6.85. The molecule has 1 spiro atoms. The summed E-state index contributed by atoms with van der Waals surface area (Å²) in [5.74, 6) is 0. The average Bonchev–Trinajstić information content (AvgIpc) is 2.82. The second kappa shape index (κ2) is 5.72. The van der Waals surface area contributed by atoms with Gasteiger partial charge in [0.1, 0.15) is 0 Å². The lowest BCUT2D eigenvalue weighted by Gasteiger charge is -2.21. The molecule has 2 saturated heterocycles. The van der Waals surface area contributed by atoms with Crippen molar-refractivity contribution in [2.45, 2.75) is 40.0 Å². The van der Waals surface area contributed by atoms with E-state index in [0.29, 0.717) is 5.41 Å². The molecule has 0 aliphatic carbocycles. The quantitative estimate of drug-likeness (QED) is 0.677. The van der Waals surface area contributed by atoms with Crippen molar-refractivity contribution in [3.63, 3.8) is 0 Å². The molecule has 0 amide bonds. The van der Waals surface area contributed by atoms with Crippen molar-refractivity contribution in [2.75, 3.05) is 32.8 Å². The van der Waals surface area contributed by atoms with E-state index in [2.05, 4.69) is 11.8 Å². The van der Waals surface area contributed by atoms with Crippen LogP contribution in [0.1, 0.15) is 40.0 Å². The molecule has 2 heterocycles. The Hall–Kier alpha value is -0.0800. The van der Waals surface area contributed by atoms with Crippen LogP contribution in [0.4, 0.5) is 0 Å². The maximum absolute atomic E-state index is 5.48.